The number of carboxylic acid groups (broad SMARTS) is 2. The number of aliphatic carboxylic acids is 2. The Morgan fingerprint density at radius 3 is 2.00 bits per heavy atom. The summed E-state index contributed by atoms with van der Waals surface area (Å²) in [5.41, 5.74) is -0.303. The second-order valence-corrected chi connectivity index (χ2v) is 3.65. The first-order chi connectivity index (χ1) is 8.20. The van der Waals surface area contributed by atoms with Crippen molar-refractivity contribution in [2.75, 3.05) is 13.2 Å². The van der Waals surface area contributed by atoms with E-state index in [4.69, 9.17) is 25.2 Å². The van der Waals surface area contributed by atoms with Crippen LogP contribution in [0.5, 0.6) is 0 Å². The minimum absolute atomic E-state index is 0.00667. The van der Waals surface area contributed by atoms with E-state index < -0.39 is 24.5 Å². The van der Waals surface area contributed by atoms with Crippen LogP contribution in [0, 0.1) is 0 Å². The molecule has 0 aromatic rings. The van der Waals surface area contributed by atoms with Crippen molar-refractivity contribution in [1.82, 2.24) is 0 Å². The van der Waals surface area contributed by atoms with Gasteiger partial charge in [-0.05, 0) is 13.8 Å². The third-order valence-corrected chi connectivity index (χ3v) is 1.55. The van der Waals surface area contributed by atoms with Crippen LogP contribution >= 0.6 is 0 Å². The summed E-state index contributed by atoms with van der Waals surface area (Å²) in [7, 11) is 0. The second-order valence-electron chi connectivity index (χ2n) is 3.65. The molecular formula is C11H20O7. The molecule has 2 atom stereocenters. The van der Waals surface area contributed by atoms with E-state index in [1.165, 1.54) is 0 Å². The molecule has 0 aliphatic heterocycles. The summed E-state index contributed by atoms with van der Waals surface area (Å²) in [5.74, 6) is -2.44. The molecule has 0 spiro atoms. The quantitative estimate of drug-likeness (QED) is 0.472. The topological polar surface area (TPSA) is 124 Å². The Kier molecular flexibility index (Phi) is 11.2. The zero-order chi connectivity index (χ0) is 14.7. The Hall–Kier alpha value is -1.44. The minimum Gasteiger partial charge on any atom is -0.481 e. The van der Waals surface area contributed by atoms with Gasteiger partial charge in [-0.25, -0.2) is 4.79 Å². The van der Waals surface area contributed by atoms with Crippen molar-refractivity contribution in [2.24, 2.45) is 0 Å². The van der Waals surface area contributed by atoms with Crippen molar-refractivity contribution in [2.45, 2.75) is 32.5 Å². The summed E-state index contributed by atoms with van der Waals surface area (Å²) in [6, 6.07) is 0. The van der Waals surface area contributed by atoms with Crippen LogP contribution in [-0.4, -0.2) is 57.8 Å². The summed E-state index contributed by atoms with van der Waals surface area (Å²) in [4.78, 5) is 19.7. The van der Waals surface area contributed by atoms with E-state index in [0.29, 0.717) is 6.61 Å². The summed E-state index contributed by atoms with van der Waals surface area (Å²) in [6.07, 6.45) is -1.12. The summed E-state index contributed by atoms with van der Waals surface area (Å²) in [5, 5.41) is 33.2. The smallest absolute Gasteiger partial charge is 0.331 e. The van der Waals surface area contributed by atoms with Crippen molar-refractivity contribution in [3.05, 3.63) is 12.2 Å². The molecule has 0 saturated carbocycles. The highest BCUT2D eigenvalue weighted by atomic mass is 16.5. The molecule has 2 unspecified atom stereocenters. The maximum absolute atomic E-state index is 9.87. The molecule has 0 aromatic carbocycles. The van der Waals surface area contributed by atoms with Crippen molar-refractivity contribution in [3.8, 4) is 0 Å². The molecule has 0 heterocycles. The van der Waals surface area contributed by atoms with Crippen LogP contribution in [0.15, 0.2) is 12.2 Å². The lowest BCUT2D eigenvalue weighted by Crippen LogP contribution is -2.19. The largest absolute Gasteiger partial charge is 0.481 e. The van der Waals surface area contributed by atoms with E-state index in [0.717, 1.165) is 0 Å². The van der Waals surface area contributed by atoms with Crippen molar-refractivity contribution < 1.29 is 34.8 Å². The second kappa shape index (κ2) is 10.7. The molecule has 0 radical (unpaired) electrons. The van der Waals surface area contributed by atoms with Gasteiger partial charge < -0.3 is 25.2 Å². The molecular weight excluding hydrogens is 244 g/mol. The Labute approximate surface area is 105 Å². The van der Waals surface area contributed by atoms with Crippen LogP contribution in [0.4, 0.5) is 0 Å². The Balaban J connectivity index is 0. The van der Waals surface area contributed by atoms with Gasteiger partial charge in [0.05, 0.1) is 31.8 Å². The number of hydrogen-bond acceptors (Lipinski definition) is 5. The molecule has 4 N–H and O–H groups in total. The summed E-state index contributed by atoms with van der Waals surface area (Å²) < 4.78 is 4.95. The van der Waals surface area contributed by atoms with Crippen LogP contribution in [0.25, 0.3) is 0 Å². The molecule has 0 aliphatic rings. The number of aliphatic hydroxyl groups is 2. The molecule has 0 rings (SSSR count). The van der Waals surface area contributed by atoms with Gasteiger partial charge in [0.15, 0.2) is 0 Å². The van der Waals surface area contributed by atoms with E-state index in [2.05, 4.69) is 6.58 Å². The fourth-order valence-corrected chi connectivity index (χ4v) is 0.614. The average Bonchev–Trinajstić information content (AvgIpc) is 2.25. The van der Waals surface area contributed by atoms with E-state index >= 15 is 0 Å². The van der Waals surface area contributed by atoms with Crippen molar-refractivity contribution in [1.29, 1.82) is 0 Å². The maximum atomic E-state index is 9.87. The van der Waals surface area contributed by atoms with Gasteiger partial charge in [0.2, 0.25) is 0 Å². The molecule has 0 bridgehead atoms. The predicted molar refractivity (Wildman–Crippen MR) is 63.2 cm³/mol. The number of aliphatic hydroxyl groups excluding tert-OH is 2. The summed E-state index contributed by atoms with van der Waals surface area (Å²) in [6.45, 7) is 6.71. The molecule has 7 nitrogen and oxygen atoms in total. The molecule has 0 aromatic heterocycles. The fraction of sp³-hybridized carbons (Fsp3) is 0.636. The molecule has 0 amide bonds. The third-order valence-electron chi connectivity index (χ3n) is 1.55. The highest BCUT2D eigenvalue weighted by Crippen LogP contribution is 1.95. The first-order valence-corrected chi connectivity index (χ1v) is 5.24. The predicted octanol–water partition coefficient (Wildman–Crippen LogP) is -0.134. The van der Waals surface area contributed by atoms with Gasteiger partial charge in [-0.3, -0.25) is 4.79 Å². The summed E-state index contributed by atoms with van der Waals surface area (Å²) >= 11 is 0. The van der Waals surface area contributed by atoms with Gasteiger partial charge >= 0.3 is 11.9 Å². The number of ether oxygens (including phenoxy) is 1. The van der Waals surface area contributed by atoms with E-state index in [-0.39, 0.29) is 18.3 Å². The minimum atomic E-state index is -1.27. The lowest BCUT2D eigenvalue weighted by Gasteiger charge is -2.10. The van der Waals surface area contributed by atoms with E-state index in [9.17, 15) is 9.59 Å². The maximum Gasteiger partial charge on any atom is 0.331 e. The lowest BCUT2D eigenvalue weighted by molar-refractivity contribution is -0.139. The van der Waals surface area contributed by atoms with E-state index in [1.807, 2.05) is 0 Å². The monoisotopic (exact) mass is 264 g/mol. The van der Waals surface area contributed by atoms with Crippen LogP contribution in [-0.2, 0) is 14.3 Å². The number of rotatable bonds is 7. The molecule has 18 heavy (non-hydrogen) atoms. The molecule has 0 saturated heterocycles. The van der Waals surface area contributed by atoms with Crippen LogP contribution in [0.2, 0.25) is 0 Å². The molecule has 0 fully saturated rings. The molecule has 7 heteroatoms. The van der Waals surface area contributed by atoms with E-state index in [1.54, 1.807) is 13.8 Å². The van der Waals surface area contributed by atoms with Gasteiger partial charge in [0.25, 0.3) is 0 Å². The highest BCUT2D eigenvalue weighted by Gasteiger charge is 2.07. The Morgan fingerprint density at radius 1 is 1.28 bits per heavy atom. The van der Waals surface area contributed by atoms with Gasteiger partial charge in [0, 0.05) is 5.57 Å². The fourth-order valence-electron chi connectivity index (χ4n) is 0.614. The standard InChI is InChI=1S/C6H14O3.C5H6O4/c1-5(8)4-9-6(2)3-7;1-3(5(8)9)2-4(6)7/h5-8H,3-4H2,1-2H3;1-2H2,(H,6,7)(H,8,9). The van der Waals surface area contributed by atoms with Gasteiger partial charge in [0.1, 0.15) is 0 Å². The highest BCUT2D eigenvalue weighted by molar-refractivity contribution is 5.91. The first kappa shape index (κ1) is 18.9. The zero-order valence-corrected chi connectivity index (χ0v) is 10.5. The SMILES string of the molecule is C=C(CC(=O)O)C(=O)O.CC(O)COC(C)CO. The zero-order valence-electron chi connectivity index (χ0n) is 10.5. The Morgan fingerprint density at radius 2 is 1.78 bits per heavy atom. The number of hydrogen-bond donors (Lipinski definition) is 4. The number of carbonyl (C=O) groups is 2. The first-order valence-electron chi connectivity index (χ1n) is 5.24. The molecule has 106 valence electrons. The normalized spacial score (nSPS) is 12.9. The van der Waals surface area contributed by atoms with Crippen molar-refractivity contribution in [3.63, 3.8) is 0 Å². The van der Waals surface area contributed by atoms with Crippen LogP contribution < -0.4 is 0 Å². The van der Waals surface area contributed by atoms with Gasteiger partial charge in [-0.15, -0.1) is 0 Å². The van der Waals surface area contributed by atoms with Gasteiger partial charge in [-0.2, -0.15) is 0 Å². The third kappa shape index (κ3) is 14.6. The van der Waals surface area contributed by atoms with Crippen LogP contribution in [0.3, 0.4) is 0 Å². The average molecular weight is 264 g/mol. The van der Waals surface area contributed by atoms with Crippen LogP contribution in [0.1, 0.15) is 20.3 Å². The van der Waals surface area contributed by atoms with Crippen molar-refractivity contribution >= 4 is 11.9 Å². The van der Waals surface area contributed by atoms with Gasteiger partial charge in [-0.1, -0.05) is 6.58 Å². The Bertz CT molecular complexity index is 273. The lowest BCUT2D eigenvalue weighted by atomic mass is 10.2. The molecule has 0 aliphatic carbocycles. The number of carboxylic acids is 2.